The SMILES string of the molecule is CCc1nc(-c2ccc([C@H](C)OC)cc2)n(C)n1. The van der Waals surface area contributed by atoms with Crippen molar-refractivity contribution in [3.8, 4) is 11.4 Å². The molecule has 0 saturated carbocycles. The van der Waals surface area contributed by atoms with Crippen LogP contribution in [0.2, 0.25) is 0 Å². The van der Waals surface area contributed by atoms with Crippen LogP contribution in [0.15, 0.2) is 24.3 Å². The predicted molar refractivity (Wildman–Crippen MR) is 71.2 cm³/mol. The van der Waals surface area contributed by atoms with Gasteiger partial charge in [0, 0.05) is 26.1 Å². The van der Waals surface area contributed by atoms with E-state index in [1.807, 2.05) is 18.7 Å². The summed E-state index contributed by atoms with van der Waals surface area (Å²) in [6.45, 7) is 4.09. The second-order valence-corrected chi connectivity index (χ2v) is 4.33. The minimum atomic E-state index is 0.116. The zero-order valence-corrected chi connectivity index (χ0v) is 11.3. The van der Waals surface area contributed by atoms with Gasteiger partial charge in [-0.05, 0) is 12.5 Å². The molecule has 4 heteroatoms. The van der Waals surface area contributed by atoms with Crippen LogP contribution in [0, 0.1) is 0 Å². The van der Waals surface area contributed by atoms with E-state index in [2.05, 4.69) is 41.3 Å². The molecule has 0 bridgehead atoms. The first-order valence-corrected chi connectivity index (χ1v) is 6.18. The zero-order valence-electron chi connectivity index (χ0n) is 11.3. The summed E-state index contributed by atoms with van der Waals surface area (Å²) in [4.78, 5) is 4.51. The number of hydrogen-bond donors (Lipinski definition) is 0. The number of aromatic nitrogens is 3. The Labute approximate surface area is 108 Å². The summed E-state index contributed by atoms with van der Waals surface area (Å²) in [5, 5.41) is 4.36. The third kappa shape index (κ3) is 2.43. The molecule has 0 spiro atoms. The summed E-state index contributed by atoms with van der Waals surface area (Å²) in [5.41, 5.74) is 2.25. The molecule has 0 amide bonds. The standard InChI is InChI=1S/C14H19N3O/c1-5-13-15-14(17(3)16-13)12-8-6-11(7-9-12)10(2)18-4/h6-10H,5H2,1-4H3/t10-/m0/s1. The molecule has 2 rings (SSSR count). The Morgan fingerprint density at radius 3 is 2.44 bits per heavy atom. The third-order valence-corrected chi connectivity index (χ3v) is 3.11. The van der Waals surface area contributed by atoms with Crippen LogP contribution in [0.4, 0.5) is 0 Å². The van der Waals surface area contributed by atoms with Crippen molar-refractivity contribution in [1.82, 2.24) is 14.8 Å². The number of ether oxygens (including phenoxy) is 1. The lowest BCUT2D eigenvalue weighted by Crippen LogP contribution is -1.97. The van der Waals surface area contributed by atoms with E-state index in [1.54, 1.807) is 7.11 Å². The summed E-state index contributed by atoms with van der Waals surface area (Å²) in [5.74, 6) is 1.78. The second-order valence-electron chi connectivity index (χ2n) is 4.33. The number of aryl methyl sites for hydroxylation is 2. The van der Waals surface area contributed by atoms with Crippen LogP contribution in [-0.4, -0.2) is 21.9 Å². The number of benzene rings is 1. The van der Waals surface area contributed by atoms with Crippen LogP contribution >= 0.6 is 0 Å². The lowest BCUT2D eigenvalue weighted by atomic mass is 10.1. The fraction of sp³-hybridized carbons (Fsp3) is 0.429. The van der Waals surface area contributed by atoms with Gasteiger partial charge in [0.25, 0.3) is 0 Å². The minimum absolute atomic E-state index is 0.116. The minimum Gasteiger partial charge on any atom is -0.377 e. The van der Waals surface area contributed by atoms with Crippen LogP contribution in [0.25, 0.3) is 11.4 Å². The van der Waals surface area contributed by atoms with E-state index in [-0.39, 0.29) is 6.10 Å². The van der Waals surface area contributed by atoms with Gasteiger partial charge in [-0.2, -0.15) is 5.10 Å². The Bertz CT molecular complexity index is 516. The summed E-state index contributed by atoms with van der Waals surface area (Å²) < 4.78 is 7.12. The van der Waals surface area contributed by atoms with Crippen molar-refractivity contribution < 1.29 is 4.74 Å². The lowest BCUT2D eigenvalue weighted by Gasteiger charge is -2.10. The maximum atomic E-state index is 5.29. The summed E-state index contributed by atoms with van der Waals surface area (Å²) in [7, 11) is 3.64. The number of nitrogens with zero attached hydrogens (tertiary/aromatic N) is 3. The van der Waals surface area contributed by atoms with E-state index in [1.165, 1.54) is 5.56 Å². The molecular weight excluding hydrogens is 226 g/mol. The molecule has 1 aromatic carbocycles. The van der Waals surface area contributed by atoms with Crippen molar-refractivity contribution in [3.05, 3.63) is 35.7 Å². The van der Waals surface area contributed by atoms with Crippen molar-refractivity contribution >= 4 is 0 Å². The average Bonchev–Trinajstić information content (AvgIpc) is 2.79. The highest BCUT2D eigenvalue weighted by atomic mass is 16.5. The average molecular weight is 245 g/mol. The highest BCUT2D eigenvalue weighted by Crippen LogP contribution is 2.21. The summed E-state index contributed by atoms with van der Waals surface area (Å²) in [6, 6.07) is 8.27. The van der Waals surface area contributed by atoms with E-state index in [9.17, 15) is 0 Å². The molecule has 0 radical (unpaired) electrons. The van der Waals surface area contributed by atoms with Crippen LogP contribution in [0.5, 0.6) is 0 Å². The van der Waals surface area contributed by atoms with E-state index in [0.717, 1.165) is 23.6 Å². The maximum absolute atomic E-state index is 5.29. The Morgan fingerprint density at radius 2 is 1.94 bits per heavy atom. The predicted octanol–water partition coefficient (Wildman–Crippen LogP) is 2.75. The largest absolute Gasteiger partial charge is 0.377 e. The molecule has 0 aliphatic rings. The fourth-order valence-electron chi connectivity index (χ4n) is 1.88. The molecule has 0 fully saturated rings. The highest BCUT2D eigenvalue weighted by Gasteiger charge is 2.09. The molecule has 0 aliphatic heterocycles. The van der Waals surface area contributed by atoms with Gasteiger partial charge in [0.15, 0.2) is 11.6 Å². The molecule has 96 valence electrons. The van der Waals surface area contributed by atoms with Crippen molar-refractivity contribution in [1.29, 1.82) is 0 Å². The van der Waals surface area contributed by atoms with Gasteiger partial charge in [-0.1, -0.05) is 31.2 Å². The zero-order chi connectivity index (χ0) is 13.1. The molecule has 1 aromatic heterocycles. The van der Waals surface area contributed by atoms with Crippen LogP contribution in [0.3, 0.4) is 0 Å². The molecule has 1 heterocycles. The molecule has 4 nitrogen and oxygen atoms in total. The highest BCUT2D eigenvalue weighted by molar-refractivity contribution is 5.55. The van der Waals surface area contributed by atoms with Gasteiger partial charge in [-0.3, -0.25) is 0 Å². The Hall–Kier alpha value is -1.68. The topological polar surface area (TPSA) is 39.9 Å². The molecule has 0 N–H and O–H groups in total. The number of methoxy groups -OCH3 is 1. The molecular formula is C14H19N3O. The molecule has 1 atom stereocenters. The van der Waals surface area contributed by atoms with Crippen LogP contribution in [-0.2, 0) is 18.2 Å². The first-order chi connectivity index (χ1) is 8.65. The molecule has 2 aromatic rings. The maximum Gasteiger partial charge on any atom is 0.158 e. The fourth-order valence-corrected chi connectivity index (χ4v) is 1.88. The third-order valence-electron chi connectivity index (χ3n) is 3.11. The first kappa shape index (κ1) is 12.8. The van der Waals surface area contributed by atoms with Crippen molar-refractivity contribution in [2.24, 2.45) is 7.05 Å². The smallest absolute Gasteiger partial charge is 0.158 e. The van der Waals surface area contributed by atoms with Gasteiger partial charge in [0.1, 0.15) is 0 Å². The number of hydrogen-bond acceptors (Lipinski definition) is 3. The molecule has 18 heavy (non-hydrogen) atoms. The van der Waals surface area contributed by atoms with Gasteiger partial charge >= 0.3 is 0 Å². The van der Waals surface area contributed by atoms with E-state index >= 15 is 0 Å². The quantitative estimate of drug-likeness (QED) is 0.831. The Kier molecular flexibility index (Phi) is 3.77. The van der Waals surface area contributed by atoms with E-state index in [0.29, 0.717) is 0 Å². The Balaban J connectivity index is 2.31. The van der Waals surface area contributed by atoms with Crippen molar-refractivity contribution in [3.63, 3.8) is 0 Å². The van der Waals surface area contributed by atoms with E-state index in [4.69, 9.17) is 4.74 Å². The van der Waals surface area contributed by atoms with Gasteiger partial charge in [-0.25, -0.2) is 9.67 Å². The van der Waals surface area contributed by atoms with Crippen molar-refractivity contribution in [2.45, 2.75) is 26.4 Å². The first-order valence-electron chi connectivity index (χ1n) is 6.18. The van der Waals surface area contributed by atoms with Gasteiger partial charge in [0.05, 0.1) is 6.10 Å². The van der Waals surface area contributed by atoms with Crippen LogP contribution in [0.1, 0.15) is 31.3 Å². The molecule has 0 aliphatic carbocycles. The molecule has 0 unspecified atom stereocenters. The normalized spacial score (nSPS) is 12.7. The van der Waals surface area contributed by atoms with Crippen molar-refractivity contribution in [2.75, 3.05) is 7.11 Å². The van der Waals surface area contributed by atoms with Gasteiger partial charge in [-0.15, -0.1) is 0 Å². The second kappa shape index (κ2) is 5.31. The van der Waals surface area contributed by atoms with E-state index < -0.39 is 0 Å². The lowest BCUT2D eigenvalue weighted by molar-refractivity contribution is 0.119. The monoisotopic (exact) mass is 245 g/mol. The number of rotatable bonds is 4. The molecule has 0 saturated heterocycles. The van der Waals surface area contributed by atoms with Gasteiger partial charge < -0.3 is 4.74 Å². The van der Waals surface area contributed by atoms with Crippen LogP contribution < -0.4 is 0 Å². The van der Waals surface area contributed by atoms with Gasteiger partial charge in [0.2, 0.25) is 0 Å². The summed E-state index contributed by atoms with van der Waals surface area (Å²) >= 11 is 0. The summed E-state index contributed by atoms with van der Waals surface area (Å²) in [6.07, 6.45) is 0.969. The Morgan fingerprint density at radius 1 is 1.28 bits per heavy atom.